The summed E-state index contributed by atoms with van der Waals surface area (Å²) in [5, 5.41) is 10.4. The molecule has 0 spiro atoms. The highest BCUT2D eigenvalue weighted by molar-refractivity contribution is 5.98. The number of anilines is 2. The molecule has 3 N–H and O–H groups in total. The predicted octanol–water partition coefficient (Wildman–Crippen LogP) is 2.21. The van der Waals surface area contributed by atoms with Crippen molar-refractivity contribution in [2.75, 3.05) is 17.0 Å². The highest BCUT2D eigenvalue weighted by Crippen LogP contribution is 2.28. The lowest BCUT2D eigenvalue weighted by atomic mass is 9.97. The molecule has 2 aromatic carbocycles. The molecule has 0 saturated heterocycles. The second-order valence-corrected chi connectivity index (χ2v) is 5.91. The molecule has 1 amide bonds. The average molecular weight is 333 g/mol. The molecule has 0 aromatic heterocycles. The van der Waals surface area contributed by atoms with Gasteiger partial charge in [0.05, 0.1) is 11.7 Å². The van der Waals surface area contributed by atoms with E-state index < -0.39 is 23.6 Å². The largest absolute Gasteiger partial charge is 0.370 e. The minimum absolute atomic E-state index is 0.331. The highest BCUT2D eigenvalue weighted by Gasteiger charge is 2.29. The van der Waals surface area contributed by atoms with Crippen LogP contribution in [-0.2, 0) is 17.8 Å². The molecular formula is C17H17F2N3O2. The number of carbonyl (C=O) groups excluding carboxylic acids is 1. The minimum atomic E-state index is -0.784. The average Bonchev–Trinajstić information content (AvgIpc) is 2.51. The summed E-state index contributed by atoms with van der Waals surface area (Å²) in [6.07, 6.45) is 0.331. The predicted molar refractivity (Wildman–Crippen MR) is 85.9 cm³/mol. The van der Waals surface area contributed by atoms with Gasteiger partial charge in [0.15, 0.2) is 0 Å². The number of hydrogen-bond donors (Lipinski definition) is 2. The van der Waals surface area contributed by atoms with Crippen LogP contribution in [0, 0.1) is 11.6 Å². The van der Waals surface area contributed by atoms with Gasteiger partial charge in [0.25, 0.3) is 5.91 Å². The summed E-state index contributed by atoms with van der Waals surface area (Å²) < 4.78 is 26.7. The molecule has 1 heterocycles. The number of nitrogens with two attached hydrogens (primary N) is 1. The first-order valence-electron chi connectivity index (χ1n) is 7.42. The third-order valence-corrected chi connectivity index (χ3v) is 4.05. The van der Waals surface area contributed by atoms with E-state index in [-0.39, 0.29) is 0 Å². The van der Waals surface area contributed by atoms with Gasteiger partial charge in [-0.15, -0.1) is 0 Å². The van der Waals surface area contributed by atoms with Gasteiger partial charge in [0.2, 0.25) is 0 Å². The van der Waals surface area contributed by atoms with Crippen molar-refractivity contribution in [3.05, 3.63) is 59.2 Å². The van der Waals surface area contributed by atoms with Crippen LogP contribution in [0.3, 0.4) is 0 Å². The molecule has 7 heteroatoms. The monoisotopic (exact) mass is 333 g/mol. The Balaban J connectivity index is 1.84. The number of halogens is 2. The number of nitrogens with zero attached hydrogens (tertiary/aromatic N) is 2. The minimum Gasteiger partial charge on any atom is -0.370 e. The first-order chi connectivity index (χ1) is 11.3. The van der Waals surface area contributed by atoms with Crippen molar-refractivity contribution >= 4 is 17.3 Å². The molecule has 0 unspecified atom stereocenters. The van der Waals surface area contributed by atoms with Crippen molar-refractivity contribution in [1.82, 2.24) is 0 Å². The zero-order valence-corrected chi connectivity index (χ0v) is 13.0. The fraction of sp³-hybridized carbons (Fsp3) is 0.235. The van der Waals surface area contributed by atoms with E-state index in [0.717, 1.165) is 17.2 Å². The lowest BCUT2D eigenvalue weighted by Gasteiger charge is -2.28. The quantitative estimate of drug-likeness (QED) is 0.845. The Kier molecular flexibility index (Phi) is 4.21. The number of amides is 1. The molecule has 0 bridgehead atoms. The van der Waals surface area contributed by atoms with Gasteiger partial charge in [-0.05, 0) is 35.7 Å². The van der Waals surface area contributed by atoms with Gasteiger partial charge in [-0.25, -0.2) is 8.78 Å². The summed E-state index contributed by atoms with van der Waals surface area (Å²) in [5.74, 6) is -1.81. The topological polar surface area (TPSA) is 69.8 Å². The zero-order valence-electron chi connectivity index (χ0n) is 13.0. The molecule has 0 radical (unpaired) electrons. The van der Waals surface area contributed by atoms with Gasteiger partial charge in [0, 0.05) is 25.3 Å². The van der Waals surface area contributed by atoms with Crippen molar-refractivity contribution in [3.63, 3.8) is 0 Å². The maximum atomic E-state index is 13.3. The van der Waals surface area contributed by atoms with Crippen LogP contribution < -0.4 is 15.7 Å². The Morgan fingerprint density at radius 1 is 1.25 bits per heavy atom. The van der Waals surface area contributed by atoms with Gasteiger partial charge >= 0.3 is 0 Å². The van der Waals surface area contributed by atoms with Crippen LogP contribution in [0.4, 0.5) is 20.2 Å². The second-order valence-electron chi connectivity index (χ2n) is 5.91. The molecule has 1 atom stereocenters. The Morgan fingerprint density at radius 3 is 2.58 bits per heavy atom. The summed E-state index contributed by atoms with van der Waals surface area (Å²) in [7, 11) is 1.72. The molecule has 1 aliphatic heterocycles. The van der Waals surface area contributed by atoms with E-state index >= 15 is 0 Å². The van der Waals surface area contributed by atoms with Gasteiger partial charge in [0.1, 0.15) is 11.6 Å². The van der Waals surface area contributed by atoms with Gasteiger partial charge in [-0.2, -0.15) is 5.06 Å². The van der Waals surface area contributed by atoms with Gasteiger partial charge in [-0.1, -0.05) is 12.1 Å². The molecule has 0 saturated carbocycles. The molecule has 0 aliphatic carbocycles. The Bertz CT molecular complexity index is 777. The lowest BCUT2D eigenvalue weighted by molar-refractivity contribution is -0.125. The lowest BCUT2D eigenvalue weighted by Crippen LogP contribution is -2.47. The van der Waals surface area contributed by atoms with E-state index in [0.29, 0.717) is 29.4 Å². The maximum absolute atomic E-state index is 13.3. The van der Waals surface area contributed by atoms with Crippen molar-refractivity contribution in [2.45, 2.75) is 19.0 Å². The Morgan fingerprint density at radius 2 is 1.92 bits per heavy atom. The highest BCUT2D eigenvalue weighted by atomic mass is 19.1. The van der Waals surface area contributed by atoms with Gasteiger partial charge in [-0.3, -0.25) is 10.0 Å². The van der Waals surface area contributed by atoms with Crippen LogP contribution in [0.25, 0.3) is 0 Å². The van der Waals surface area contributed by atoms with Crippen LogP contribution in [0.2, 0.25) is 0 Å². The molecule has 0 fully saturated rings. The summed E-state index contributed by atoms with van der Waals surface area (Å²) in [5.41, 5.74) is 8.16. The number of hydrogen-bond acceptors (Lipinski definition) is 4. The fourth-order valence-electron chi connectivity index (χ4n) is 2.83. The number of carbonyl (C=O) groups is 1. The molecule has 24 heavy (non-hydrogen) atoms. The van der Waals surface area contributed by atoms with E-state index in [4.69, 9.17) is 5.73 Å². The molecule has 5 nitrogen and oxygen atoms in total. The van der Waals surface area contributed by atoms with Gasteiger partial charge < -0.3 is 10.6 Å². The number of fused-ring (bicyclic) bond motifs is 1. The normalized spacial score (nSPS) is 17.0. The molecule has 2 aromatic rings. The first-order valence-corrected chi connectivity index (χ1v) is 7.42. The van der Waals surface area contributed by atoms with Crippen molar-refractivity contribution in [1.29, 1.82) is 0 Å². The van der Waals surface area contributed by atoms with E-state index in [9.17, 15) is 18.8 Å². The SMILES string of the molecule is CN(Cc1ccc2c(c1)C[C@H](N)C(=O)N2O)c1cc(F)cc(F)c1. The summed E-state index contributed by atoms with van der Waals surface area (Å²) in [4.78, 5) is 13.4. The van der Waals surface area contributed by atoms with Crippen LogP contribution in [-0.4, -0.2) is 24.2 Å². The Hall–Kier alpha value is -2.51. The molecular weight excluding hydrogens is 316 g/mol. The zero-order chi connectivity index (χ0) is 17.4. The van der Waals surface area contributed by atoms with Crippen molar-refractivity contribution in [3.8, 4) is 0 Å². The van der Waals surface area contributed by atoms with Crippen LogP contribution in [0.15, 0.2) is 36.4 Å². The van der Waals surface area contributed by atoms with Crippen LogP contribution in [0.1, 0.15) is 11.1 Å². The van der Waals surface area contributed by atoms with E-state index in [1.54, 1.807) is 24.1 Å². The summed E-state index contributed by atoms with van der Waals surface area (Å²) in [6.45, 7) is 0.408. The standard InChI is InChI=1S/C17H17F2N3O2/c1-21(14-7-12(18)6-13(19)8-14)9-10-2-3-16-11(4-10)5-15(20)17(23)22(16)24/h2-4,6-8,15,24H,5,9,20H2,1H3/t15-/m0/s1. The maximum Gasteiger partial charge on any atom is 0.267 e. The van der Waals surface area contributed by atoms with Crippen LogP contribution in [0.5, 0.6) is 0 Å². The third kappa shape index (κ3) is 3.08. The fourth-order valence-corrected chi connectivity index (χ4v) is 2.83. The van der Waals surface area contributed by atoms with E-state index in [1.807, 2.05) is 6.07 Å². The smallest absolute Gasteiger partial charge is 0.267 e. The summed E-state index contributed by atoms with van der Waals surface area (Å²) in [6, 6.07) is 7.76. The van der Waals surface area contributed by atoms with E-state index in [2.05, 4.69) is 0 Å². The first kappa shape index (κ1) is 16.4. The molecule has 126 valence electrons. The Labute approximate surface area is 137 Å². The third-order valence-electron chi connectivity index (χ3n) is 4.05. The van der Waals surface area contributed by atoms with Crippen LogP contribution >= 0.6 is 0 Å². The second kappa shape index (κ2) is 6.18. The summed E-state index contributed by atoms with van der Waals surface area (Å²) >= 11 is 0. The number of benzene rings is 2. The number of hydroxylamine groups is 1. The molecule has 3 rings (SSSR count). The molecule has 1 aliphatic rings. The van der Waals surface area contributed by atoms with Crippen molar-refractivity contribution < 1.29 is 18.8 Å². The van der Waals surface area contributed by atoms with Crippen molar-refractivity contribution in [2.24, 2.45) is 5.73 Å². The number of rotatable bonds is 3. The van der Waals surface area contributed by atoms with E-state index in [1.165, 1.54) is 12.1 Å².